The Hall–Kier alpha value is -3.54. The van der Waals surface area contributed by atoms with Crippen molar-refractivity contribution in [2.75, 3.05) is 5.01 Å². The standard InChI is InChI=1S/C24H17F8N3O/c1-13-3-2-10-33-21(13)15-6-4-14(5-7-15)19-12-20(22(36,23(27,28)29)24(30,31)32)34-35(19)18-9-8-16(25)11-17(18)26/h2-11,19,36H,12H2,1H3. The Bertz CT molecular complexity index is 1290. The summed E-state index contributed by atoms with van der Waals surface area (Å²) in [4.78, 5) is 4.26. The SMILES string of the molecule is Cc1cccnc1-c1ccc(C2CC(C(O)(C(F)(F)F)C(F)(F)F)=NN2c2ccc(F)cc2F)cc1. The number of aromatic nitrogens is 1. The molecule has 1 N–H and O–H groups in total. The highest BCUT2D eigenvalue weighted by Gasteiger charge is 2.74. The normalized spacial score (nSPS) is 16.9. The molecule has 4 nitrogen and oxygen atoms in total. The lowest BCUT2D eigenvalue weighted by Gasteiger charge is -2.32. The van der Waals surface area contributed by atoms with Gasteiger partial charge in [0.2, 0.25) is 0 Å². The fraction of sp³-hybridized carbons (Fsp3) is 0.250. The van der Waals surface area contributed by atoms with Gasteiger partial charge in [-0.05, 0) is 36.2 Å². The van der Waals surface area contributed by atoms with E-state index in [1.807, 2.05) is 13.0 Å². The van der Waals surface area contributed by atoms with Gasteiger partial charge in [0.15, 0.2) is 5.82 Å². The Labute approximate surface area is 199 Å². The number of hydrogen-bond acceptors (Lipinski definition) is 4. The van der Waals surface area contributed by atoms with Crippen LogP contribution in [0.2, 0.25) is 0 Å². The van der Waals surface area contributed by atoms with E-state index in [-0.39, 0.29) is 5.56 Å². The van der Waals surface area contributed by atoms with Gasteiger partial charge in [-0.2, -0.15) is 31.4 Å². The number of nitrogens with zero attached hydrogens (tertiary/aromatic N) is 3. The van der Waals surface area contributed by atoms with E-state index in [1.165, 1.54) is 12.1 Å². The summed E-state index contributed by atoms with van der Waals surface area (Å²) in [6, 6.07) is 10.2. The molecule has 12 heteroatoms. The first-order chi connectivity index (χ1) is 16.7. The lowest BCUT2D eigenvalue weighted by molar-refractivity contribution is -0.338. The summed E-state index contributed by atoms with van der Waals surface area (Å²) >= 11 is 0. The molecule has 3 aromatic rings. The number of hydrogen-bond donors (Lipinski definition) is 1. The fourth-order valence-corrected chi connectivity index (χ4v) is 4.02. The monoisotopic (exact) mass is 515 g/mol. The van der Waals surface area contributed by atoms with Gasteiger partial charge in [0, 0.05) is 24.2 Å². The summed E-state index contributed by atoms with van der Waals surface area (Å²) in [5.41, 5.74) is -5.26. The van der Waals surface area contributed by atoms with E-state index in [0.717, 1.165) is 17.7 Å². The van der Waals surface area contributed by atoms with Gasteiger partial charge in [0.05, 0.1) is 23.1 Å². The van der Waals surface area contributed by atoms with Crippen LogP contribution in [0.1, 0.15) is 23.6 Å². The molecular weight excluding hydrogens is 498 g/mol. The van der Waals surface area contributed by atoms with Crippen LogP contribution in [0.15, 0.2) is 65.9 Å². The molecule has 36 heavy (non-hydrogen) atoms. The minimum Gasteiger partial charge on any atom is -0.369 e. The highest BCUT2D eigenvalue weighted by atomic mass is 19.4. The Morgan fingerprint density at radius 3 is 2.11 bits per heavy atom. The zero-order valence-electron chi connectivity index (χ0n) is 18.4. The molecule has 0 saturated heterocycles. The average Bonchev–Trinajstić information content (AvgIpc) is 3.23. The quantitative estimate of drug-likeness (QED) is 0.404. The molecule has 190 valence electrons. The third-order valence-electron chi connectivity index (χ3n) is 5.88. The molecule has 0 radical (unpaired) electrons. The number of hydrazone groups is 1. The van der Waals surface area contributed by atoms with Gasteiger partial charge in [0.1, 0.15) is 5.82 Å². The van der Waals surface area contributed by atoms with Crippen LogP contribution < -0.4 is 5.01 Å². The molecular formula is C24H17F8N3O. The molecule has 0 aliphatic carbocycles. The van der Waals surface area contributed by atoms with Crippen LogP contribution in [0.25, 0.3) is 11.3 Å². The van der Waals surface area contributed by atoms with Gasteiger partial charge >= 0.3 is 12.4 Å². The predicted molar refractivity (Wildman–Crippen MR) is 115 cm³/mol. The molecule has 1 aliphatic rings. The lowest BCUT2D eigenvalue weighted by atomic mass is 9.89. The Morgan fingerprint density at radius 2 is 1.56 bits per heavy atom. The maximum atomic E-state index is 14.5. The van der Waals surface area contributed by atoms with Gasteiger partial charge in [-0.3, -0.25) is 9.99 Å². The molecule has 2 heterocycles. The van der Waals surface area contributed by atoms with Crippen LogP contribution in [0.4, 0.5) is 40.8 Å². The lowest BCUT2D eigenvalue weighted by Crippen LogP contribution is -2.62. The van der Waals surface area contributed by atoms with Gasteiger partial charge in [0.25, 0.3) is 5.60 Å². The van der Waals surface area contributed by atoms with Crippen LogP contribution in [0.3, 0.4) is 0 Å². The number of aryl methyl sites for hydroxylation is 1. The maximum Gasteiger partial charge on any atom is 0.431 e. The molecule has 0 amide bonds. The minimum absolute atomic E-state index is 0.182. The summed E-state index contributed by atoms with van der Waals surface area (Å²) in [7, 11) is 0. The molecule has 0 spiro atoms. The van der Waals surface area contributed by atoms with Crippen molar-refractivity contribution in [1.29, 1.82) is 0 Å². The zero-order chi connectivity index (χ0) is 26.5. The number of halogens is 8. The van der Waals surface area contributed by atoms with Crippen LogP contribution >= 0.6 is 0 Å². The second-order valence-electron chi connectivity index (χ2n) is 8.20. The van der Waals surface area contributed by atoms with Crippen molar-refractivity contribution >= 4 is 11.4 Å². The number of anilines is 1. The Morgan fingerprint density at radius 1 is 0.917 bits per heavy atom. The van der Waals surface area contributed by atoms with Crippen LogP contribution in [0.5, 0.6) is 0 Å². The fourth-order valence-electron chi connectivity index (χ4n) is 4.02. The second kappa shape index (κ2) is 8.84. The van der Waals surface area contributed by atoms with Crippen molar-refractivity contribution in [2.24, 2.45) is 5.10 Å². The molecule has 2 aromatic carbocycles. The molecule has 1 aliphatic heterocycles. The number of benzene rings is 2. The van der Waals surface area contributed by atoms with E-state index in [1.54, 1.807) is 24.4 Å². The summed E-state index contributed by atoms with van der Waals surface area (Å²) in [5.74, 6) is -2.26. The van der Waals surface area contributed by atoms with Crippen molar-refractivity contribution < 1.29 is 40.2 Å². The van der Waals surface area contributed by atoms with Gasteiger partial charge in [-0.1, -0.05) is 30.3 Å². The van der Waals surface area contributed by atoms with E-state index in [2.05, 4.69) is 10.1 Å². The third-order valence-corrected chi connectivity index (χ3v) is 5.88. The number of alkyl halides is 6. The summed E-state index contributed by atoms with van der Waals surface area (Å²) in [6.45, 7) is 1.81. The topological polar surface area (TPSA) is 48.7 Å². The predicted octanol–water partition coefficient (Wildman–Crippen LogP) is 6.50. The van der Waals surface area contributed by atoms with Gasteiger partial charge in [-0.15, -0.1) is 0 Å². The number of pyridine rings is 1. The first kappa shape index (κ1) is 25.5. The van der Waals surface area contributed by atoms with Gasteiger partial charge < -0.3 is 5.11 Å². The second-order valence-corrected chi connectivity index (χ2v) is 8.20. The van der Waals surface area contributed by atoms with Crippen molar-refractivity contribution in [3.05, 3.63) is 83.6 Å². The Balaban J connectivity index is 1.81. The van der Waals surface area contributed by atoms with E-state index in [4.69, 9.17) is 0 Å². The molecule has 1 unspecified atom stereocenters. The highest BCUT2D eigenvalue weighted by Crippen LogP contribution is 2.49. The van der Waals surface area contributed by atoms with Crippen LogP contribution in [-0.2, 0) is 0 Å². The molecule has 0 fully saturated rings. The zero-order valence-corrected chi connectivity index (χ0v) is 18.4. The van der Waals surface area contributed by atoms with Crippen molar-refractivity contribution in [3.63, 3.8) is 0 Å². The van der Waals surface area contributed by atoms with Crippen LogP contribution in [0, 0.1) is 18.6 Å². The van der Waals surface area contributed by atoms with Crippen molar-refractivity contribution in [2.45, 2.75) is 37.3 Å². The molecule has 1 aromatic heterocycles. The molecule has 0 saturated carbocycles. The molecule has 1 atom stereocenters. The largest absolute Gasteiger partial charge is 0.431 e. The summed E-state index contributed by atoms with van der Waals surface area (Å²) in [5, 5.41) is 13.9. The number of rotatable bonds is 4. The van der Waals surface area contributed by atoms with E-state index in [0.29, 0.717) is 22.3 Å². The first-order valence-electron chi connectivity index (χ1n) is 10.4. The molecule has 0 bridgehead atoms. The van der Waals surface area contributed by atoms with Crippen molar-refractivity contribution in [1.82, 2.24) is 4.98 Å². The smallest absolute Gasteiger partial charge is 0.369 e. The first-order valence-corrected chi connectivity index (χ1v) is 10.4. The average molecular weight is 515 g/mol. The summed E-state index contributed by atoms with van der Waals surface area (Å²) < 4.78 is 109. The van der Waals surface area contributed by atoms with E-state index >= 15 is 0 Å². The Kier molecular flexibility index (Phi) is 6.27. The summed E-state index contributed by atoms with van der Waals surface area (Å²) in [6.07, 6.45) is -11.8. The number of aliphatic hydroxyl groups is 1. The maximum absolute atomic E-state index is 14.5. The highest BCUT2D eigenvalue weighted by molar-refractivity contribution is 5.97. The van der Waals surface area contributed by atoms with E-state index < -0.39 is 53.4 Å². The third kappa shape index (κ3) is 4.29. The van der Waals surface area contributed by atoms with Crippen LogP contribution in [-0.4, -0.2) is 33.8 Å². The van der Waals surface area contributed by atoms with Gasteiger partial charge in [-0.25, -0.2) is 8.78 Å². The minimum atomic E-state index is -6.16. The van der Waals surface area contributed by atoms with Crippen molar-refractivity contribution in [3.8, 4) is 11.3 Å². The van der Waals surface area contributed by atoms with E-state index in [9.17, 15) is 40.2 Å². The molecule has 4 rings (SSSR count).